The highest BCUT2D eigenvalue weighted by Gasteiger charge is 2.19. The van der Waals surface area contributed by atoms with Crippen LogP contribution in [0.3, 0.4) is 0 Å². The molecule has 6 N–H and O–H groups in total. The molecular formula is C25H24N6O3. The third kappa shape index (κ3) is 4.06. The number of fused-ring (bicyclic) bond motifs is 1. The summed E-state index contributed by atoms with van der Waals surface area (Å²) in [6.07, 6.45) is 3.35. The Morgan fingerprint density at radius 3 is 2.32 bits per heavy atom. The van der Waals surface area contributed by atoms with Gasteiger partial charge in [0, 0.05) is 30.0 Å². The van der Waals surface area contributed by atoms with E-state index < -0.39 is 17.4 Å². The van der Waals surface area contributed by atoms with Gasteiger partial charge in [0.15, 0.2) is 0 Å². The number of nitrogen functional groups attached to an aromatic ring is 1. The number of carbonyl (C=O) groups is 2. The molecule has 2 heterocycles. The molecule has 4 rings (SSSR count). The maximum atomic E-state index is 12.8. The summed E-state index contributed by atoms with van der Waals surface area (Å²) in [4.78, 5) is 42.2. The Labute approximate surface area is 195 Å². The highest BCUT2D eigenvalue weighted by molar-refractivity contribution is 6.01. The molecule has 0 aliphatic rings. The lowest BCUT2D eigenvalue weighted by Crippen LogP contribution is -2.35. The number of rotatable bonds is 6. The highest BCUT2D eigenvalue weighted by atomic mass is 16.2. The van der Waals surface area contributed by atoms with Crippen LogP contribution < -0.4 is 27.5 Å². The molecule has 172 valence electrons. The average molecular weight is 457 g/mol. The molecule has 0 bridgehead atoms. The van der Waals surface area contributed by atoms with Gasteiger partial charge in [0.25, 0.3) is 5.91 Å². The first-order valence-corrected chi connectivity index (χ1v) is 10.6. The lowest BCUT2D eigenvalue weighted by Gasteiger charge is -2.21. The fourth-order valence-corrected chi connectivity index (χ4v) is 4.03. The highest BCUT2D eigenvalue weighted by Crippen LogP contribution is 2.28. The van der Waals surface area contributed by atoms with Gasteiger partial charge in [-0.3, -0.25) is 19.5 Å². The van der Waals surface area contributed by atoms with Gasteiger partial charge in [-0.1, -0.05) is 24.3 Å². The molecule has 0 spiro atoms. The van der Waals surface area contributed by atoms with Gasteiger partial charge in [0.1, 0.15) is 11.4 Å². The van der Waals surface area contributed by atoms with Crippen molar-refractivity contribution in [3.05, 3.63) is 88.3 Å². The number of carbonyl (C=O) groups excluding carboxylic acids is 2. The smallest absolute Gasteiger partial charge is 0.319 e. The second kappa shape index (κ2) is 9.07. The summed E-state index contributed by atoms with van der Waals surface area (Å²) in [5.74, 6) is -0.802. The van der Waals surface area contributed by atoms with Gasteiger partial charge < -0.3 is 21.8 Å². The number of aryl methyl sites for hydroxylation is 1. The summed E-state index contributed by atoms with van der Waals surface area (Å²) >= 11 is 0. The SMILES string of the molecule is CCn1c(N)c(C(N)=O)c(=O)c2ccc(-c3ccc(N(Cc4cccnc4)C(N)=O)cc3)cc21. The zero-order chi connectivity index (χ0) is 24.4. The number of pyridine rings is 2. The van der Waals surface area contributed by atoms with E-state index in [0.717, 1.165) is 16.7 Å². The molecule has 0 aliphatic heterocycles. The first kappa shape index (κ1) is 22.5. The molecule has 0 unspecified atom stereocenters. The second-order valence-corrected chi connectivity index (χ2v) is 7.76. The predicted octanol–water partition coefficient (Wildman–Crippen LogP) is 2.85. The van der Waals surface area contributed by atoms with Gasteiger partial charge in [-0.2, -0.15) is 0 Å². The Balaban J connectivity index is 1.73. The Morgan fingerprint density at radius 1 is 1.03 bits per heavy atom. The van der Waals surface area contributed by atoms with Crippen molar-refractivity contribution in [2.24, 2.45) is 11.5 Å². The zero-order valence-corrected chi connectivity index (χ0v) is 18.6. The van der Waals surface area contributed by atoms with Gasteiger partial charge in [-0.05, 0) is 53.9 Å². The third-order valence-electron chi connectivity index (χ3n) is 5.71. The van der Waals surface area contributed by atoms with Gasteiger partial charge in [-0.25, -0.2) is 4.79 Å². The van der Waals surface area contributed by atoms with Gasteiger partial charge in [-0.15, -0.1) is 0 Å². The van der Waals surface area contributed by atoms with Crippen LogP contribution in [0.15, 0.2) is 71.8 Å². The number of benzene rings is 2. The van der Waals surface area contributed by atoms with Crippen LogP contribution in [0.25, 0.3) is 22.0 Å². The lowest BCUT2D eigenvalue weighted by atomic mass is 10.0. The average Bonchev–Trinajstić information content (AvgIpc) is 2.83. The Morgan fingerprint density at radius 2 is 1.74 bits per heavy atom. The standard InChI is InChI=1S/C25H24N6O3/c1-2-30-20-12-17(7-10-19(20)22(32)21(23(30)26)24(27)33)16-5-8-18(9-6-16)31(25(28)34)14-15-4-3-11-29-13-15/h3-13H,2,14,26H2,1H3,(H2,27,33)(H2,28,34). The number of aromatic nitrogens is 2. The van der Waals surface area contributed by atoms with Crippen molar-refractivity contribution in [1.29, 1.82) is 0 Å². The van der Waals surface area contributed by atoms with Crippen LogP contribution in [-0.2, 0) is 13.1 Å². The lowest BCUT2D eigenvalue weighted by molar-refractivity contribution is 0.0999. The summed E-state index contributed by atoms with van der Waals surface area (Å²) < 4.78 is 1.69. The monoisotopic (exact) mass is 456 g/mol. The van der Waals surface area contributed by atoms with Crippen molar-refractivity contribution in [1.82, 2.24) is 9.55 Å². The van der Waals surface area contributed by atoms with Crippen molar-refractivity contribution in [3.8, 4) is 11.1 Å². The maximum Gasteiger partial charge on any atom is 0.319 e. The van der Waals surface area contributed by atoms with E-state index in [1.165, 1.54) is 4.90 Å². The first-order chi connectivity index (χ1) is 16.3. The minimum atomic E-state index is -0.850. The minimum Gasteiger partial charge on any atom is -0.384 e. The number of hydrogen-bond acceptors (Lipinski definition) is 5. The fourth-order valence-electron chi connectivity index (χ4n) is 4.03. The summed E-state index contributed by atoms with van der Waals surface area (Å²) in [5, 5.41) is 0.363. The normalized spacial score (nSPS) is 10.9. The Bertz CT molecular complexity index is 1450. The van der Waals surface area contributed by atoms with Crippen LogP contribution in [0.4, 0.5) is 16.3 Å². The molecule has 0 radical (unpaired) electrons. The Hall–Kier alpha value is -4.66. The zero-order valence-electron chi connectivity index (χ0n) is 18.6. The molecule has 0 atom stereocenters. The molecule has 0 saturated carbocycles. The number of nitrogens with zero attached hydrogens (tertiary/aromatic N) is 3. The summed E-state index contributed by atoms with van der Waals surface area (Å²) in [6, 6.07) is 15.7. The summed E-state index contributed by atoms with van der Waals surface area (Å²) in [6.45, 7) is 2.61. The van der Waals surface area contributed by atoms with E-state index in [-0.39, 0.29) is 11.4 Å². The number of amides is 3. The van der Waals surface area contributed by atoms with Crippen LogP contribution in [0.5, 0.6) is 0 Å². The number of urea groups is 1. The quantitative estimate of drug-likeness (QED) is 0.408. The van der Waals surface area contributed by atoms with Gasteiger partial charge in [0.2, 0.25) is 5.43 Å². The predicted molar refractivity (Wildman–Crippen MR) is 132 cm³/mol. The van der Waals surface area contributed by atoms with Crippen molar-refractivity contribution >= 4 is 34.3 Å². The third-order valence-corrected chi connectivity index (χ3v) is 5.71. The number of hydrogen-bond donors (Lipinski definition) is 3. The molecule has 0 saturated heterocycles. The van der Waals surface area contributed by atoms with Crippen LogP contribution in [-0.4, -0.2) is 21.5 Å². The van der Waals surface area contributed by atoms with E-state index in [9.17, 15) is 14.4 Å². The molecule has 2 aromatic heterocycles. The summed E-state index contributed by atoms with van der Waals surface area (Å²) in [5.41, 5.74) is 20.2. The van der Waals surface area contributed by atoms with E-state index in [1.807, 2.05) is 31.2 Å². The number of primary amides is 2. The molecule has 0 fully saturated rings. The topological polar surface area (TPSA) is 150 Å². The van der Waals surface area contributed by atoms with Crippen molar-refractivity contribution in [3.63, 3.8) is 0 Å². The fraction of sp³-hybridized carbons (Fsp3) is 0.120. The van der Waals surface area contributed by atoms with Gasteiger partial charge in [0.05, 0.1) is 12.1 Å². The first-order valence-electron chi connectivity index (χ1n) is 10.6. The molecule has 34 heavy (non-hydrogen) atoms. The van der Waals surface area contributed by atoms with Gasteiger partial charge >= 0.3 is 6.03 Å². The Kier molecular flexibility index (Phi) is 6.01. The van der Waals surface area contributed by atoms with Crippen molar-refractivity contribution < 1.29 is 9.59 Å². The largest absolute Gasteiger partial charge is 0.384 e. The van der Waals surface area contributed by atoms with E-state index in [0.29, 0.717) is 29.7 Å². The van der Waals surface area contributed by atoms with Crippen LogP contribution >= 0.6 is 0 Å². The molecule has 2 aromatic carbocycles. The van der Waals surface area contributed by atoms with E-state index in [2.05, 4.69) is 4.98 Å². The van der Waals surface area contributed by atoms with Crippen molar-refractivity contribution in [2.75, 3.05) is 10.6 Å². The molecule has 4 aromatic rings. The summed E-state index contributed by atoms with van der Waals surface area (Å²) in [7, 11) is 0. The maximum absolute atomic E-state index is 12.8. The van der Waals surface area contributed by atoms with Crippen LogP contribution in [0.1, 0.15) is 22.8 Å². The van der Waals surface area contributed by atoms with Crippen molar-refractivity contribution in [2.45, 2.75) is 20.0 Å². The van der Waals surface area contributed by atoms with E-state index in [4.69, 9.17) is 17.2 Å². The second-order valence-electron chi connectivity index (χ2n) is 7.76. The molecule has 9 nitrogen and oxygen atoms in total. The number of nitrogens with two attached hydrogens (primary N) is 3. The molecule has 9 heteroatoms. The van der Waals surface area contributed by atoms with Crippen LogP contribution in [0, 0.1) is 0 Å². The minimum absolute atomic E-state index is 0.0486. The molecular weight excluding hydrogens is 432 g/mol. The van der Waals surface area contributed by atoms with E-state index in [1.54, 1.807) is 47.3 Å². The van der Waals surface area contributed by atoms with E-state index >= 15 is 0 Å². The molecule has 3 amide bonds. The van der Waals surface area contributed by atoms with Crippen LogP contribution in [0.2, 0.25) is 0 Å². The molecule has 0 aliphatic carbocycles. The number of anilines is 2.